The highest BCUT2D eigenvalue weighted by atomic mass is 16.5. The van der Waals surface area contributed by atoms with Crippen LogP contribution in [0.1, 0.15) is 18.6 Å². The van der Waals surface area contributed by atoms with Crippen LogP contribution in [-0.4, -0.2) is 29.1 Å². The van der Waals surface area contributed by atoms with Crippen LogP contribution in [0.15, 0.2) is 4.52 Å². The van der Waals surface area contributed by atoms with E-state index in [1.165, 1.54) is 0 Å². The molecule has 2 N–H and O–H groups in total. The molecule has 6 nitrogen and oxygen atoms in total. The van der Waals surface area contributed by atoms with Crippen molar-refractivity contribution >= 4 is 5.91 Å². The van der Waals surface area contributed by atoms with Crippen LogP contribution in [0, 0.1) is 18.8 Å². The first-order chi connectivity index (χ1) is 7.66. The van der Waals surface area contributed by atoms with Crippen LogP contribution < -0.4 is 10.6 Å². The minimum atomic E-state index is 0.0454. The van der Waals surface area contributed by atoms with Gasteiger partial charge in [0.1, 0.15) is 0 Å². The molecule has 16 heavy (non-hydrogen) atoms. The monoisotopic (exact) mass is 224 g/mol. The summed E-state index contributed by atoms with van der Waals surface area (Å²) < 4.78 is 4.91. The van der Waals surface area contributed by atoms with Gasteiger partial charge in [-0.05, 0) is 19.4 Å². The van der Waals surface area contributed by atoms with E-state index in [4.69, 9.17) is 4.52 Å². The average molecular weight is 224 g/mol. The van der Waals surface area contributed by atoms with E-state index in [1.54, 1.807) is 6.92 Å². The summed E-state index contributed by atoms with van der Waals surface area (Å²) >= 11 is 0. The number of rotatable bonds is 3. The summed E-state index contributed by atoms with van der Waals surface area (Å²) in [6.07, 6.45) is 0. The van der Waals surface area contributed by atoms with Gasteiger partial charge in [0.05, 0.1) is 12.5 Å². The molecule has 1 aromatic rings. The molecule has 1 amide bonds. The number of carbonyl (C=O) groups is 1. The van der Waals surface area contributed by atoms with E-state index in [9.17, 15) is 4.79 Å². The Morgan fingerprint density at radius 3 is 3.00 bits per heavy atom. The molecule has 1 aromatic heterocycles. The molecule has 0 saturated carbocycles. The van der Waals surface area contributed by atoms with E-state index in [0.717, 1.165) is 13.1 Å². The lowest BCUT2D eigenvalue weighted by molar-refractivity contribution is -0.125. The van der Waals surface area contributed by atoms with Crippen molar-refractivity contribution in [1.29, 1.82) is 0 Å². The van der Waals surface area contributed by atoms with Gasteiger partial charge in [0, 0.05) is 6.54 Å². The quantitative estimate of drug-likeness (QED) is 0.746. The van der Waals surface area contributed by atoms with E-state index in [2.05, 4.69) is 27.7 Å². The predicted octanol–water partition coefficient (Wildman–Crippen LogP) is -0.150. The first kappa shape index (κ1) is 11.1. The van der Waals surface area contributed by atoms with Crippen LogP contribution in [0.5, 0.6) is 0 Å². The molecule has 2 rings (SSSR count). The minimum Gasteiger partial charge on any atom is -0.347 e. The number of hydrogen-bond donors (Lipinski definition) is 2. The first-order valence-electron chi connectivity index (χ1n) is 5.44. The summed E-state index contributed by atoms with van der Waals surface area (Å²) in [6, 6.07) is 0. The fourth-order valence-electron chi connectivity index (χ4n) is 1.87. The summed E-state index contributed by atoms with van der Waals surface area (Å²) in [5.41, 5.74) is 0. The molecule has 1 aliphatic rings. The second-order valence-corrected chi connectivity index (χ2v) is 4.20. The Kier molecular flexibility index (Phi) is 3.19. The third kappa shape index (κ3) is 2.38. The maximum Gasteiger partial charge on any atom is 0.246 e. The molecule has 6 heteroatoms. The van der Waals surface area contributed by atoms with Crippen molar-refractivity contribution in [3.05, 3.63) is 11.7 Å². The third-order valence-corrected chi connectivity index (χ3v) is 2.84. The van der Waals surface area contributed by atoms with Gasteiger partial charge in [-0.15, -0.1) is 0 Å². The van der Waals surface area contributed by atoms with E-state index in [1.807, 2.05) is 0 Å². The molecule has 1 aliphatic heterocycles. The van der Waals surface area contributed by atoms with Crippen molar-refractivity contribution in [2.75, 3.05) is 13.1 Å². The highest BCUT2D eigenvalue weighted by Gasteiger charge is 2.29. The number of nitrogens with one attached hydrogen (secondary N) is 2. The van der Waals surface area contributed by atoms with Gasteiger partial charge in [-0.25, -0.2) is 0 Å². The summed E-state index contributed by atoms with van der Waals surface area (Å²) in [6.45, 7) is 5.77. The summed E-state index contributed by atoms with van der Waals surface area (Å²) in [4.78, 5) is 15.8. The van der Waals surface area contributed by atoms with E-state index >= 15 is 0 Å². The zero-order valence-corrected chi connectivity index (χ0v) is 9.49. The van der Waals surface area contributed by atoms with Crippen LogP contribution in [0.3, 0.4) is 0 Å². The van der Waals surface area contributed by atoms with Crippen molar-refractivity contribution in [1.82, 2.24) is 20.8 Å². The van der Waals surface area contributed by atoms with Crippen molar-refractivity contribution < 1.29 is 9.32 Å². The number of amides is 1. The van der Waals surface area contributed by atoms with Gasteiger partial charge in [0.25, 0.3) is 0 Å². The van der Waals surface area contributed by atoms with Crippen molar-refractivity contribution in [3.63, 3.8) is 0 Å². The van der Waals surface area contributed by atoms with Crippen LogP contribution in [-0.2, 0) is 11.3 Å². The Balaban J connectivity index is 1.83. The molecule has 0 unspecified atom stereocenters. The highest BCUT2D eigenvalue weighted by molar-refractivity contribution is 5.79. The third-order valence-electron chi connectivity index (χ3n) is 2.84. The van der Waals surface area contributed by atoms with Gasteiger partial charge in [0.15, 0.2) is 5.82 Å². The molecular weight excluding hydrogens is 208 g/mol. The normalized spacial score (nSPS) is 24.6. The van der Waals surface area contributed by atoms with Crippen LogP contribution in [0.4, 0.5) is 0 Å². The SMILES string of the molecule is Cc1noc(CNC(=O)[C@@H]2CNC[C@H]2C)n1. The molecule has 2 atom stereocenters. The molecule has 0 aliphatic carbocycles. The van der Waals surface area contributed by atoms with Crippen molar-refractivity contribution in [3.8, 4) is 0 Å². The standard InChI is InChI=1S/C10H16N4O2/c1-6-3-11-4-8(6)10(15)12-5-9-13-7(2)14-16-9/h6,8,11H,3-5H2,1-2H3,(H,12,15)/t6-,8-/m1/s1. The molecule has 1 fully saturated rings. The largest absolute Gasteiger partial charge is 0.347 e. The Labute approximate surface area is 93.8 Å². The Bertz CT molecular complexity index is 377. The maximum absolute atomic E-state index is 11.8. The zero-order chi connectivity index (χ0) is 11.5. The lowest BCUT2D eigenvalue weighted by Crippen LogP contribution is -2.33. The number of nitrogens with zero attached hydrogens (tertiary/aromatic N) is 2. The maximum atomic E-state index is 11.8. The lowest BCUT2D eigenvalue weighted by Gasteiger charge is -2.12. The number of hydrogen-bond acceptors (Lipinski definition) is 5. The van der Waals surface area contributed by atoms with Gasteiger partial charge in [-0.2, -0.15) is 4.98 Å². The molecule has 0 radical (unpaired) electrons. The molecule has 0 spiro atoms. The van der Waals surface area contributed by atoms with Crippen LogP contribution >= 0.6 is 0 Å². The molecule has 1 saturated heterocycles. The highest BCUT2D eigenvalue weighted by Crippen LogP contribution is 2.15. The molecule has 0 bridgehead atoms. The van der Waals surface area contributed by atoms with Gasteiger partial charge >= 0.3 is 0 Å². The molecule has 88 valence electrons. The number of aromatic nitrogens is 2. The fraction of sp³-hybridized carbons (Fsp3) is 0.700. The fourth-order valence-corrected chi connectivity index (χ4v) is 1.87. The second kappa shape index (κ2) is 4.61. The molecule has 0 aromatic carbocycles. The van der Waals surface area contributed by atoms with Gasteiger partial charge in [-0.3, -0.25) is 4.79 Å². The van der Waals surface area contributed by atoms with Gasteiger partial charge in [-0.1, -0.05) is 12.1 Å². The van der Waals surface area contributed by atoms with Gasteiger partial charge in [0.2, 0.25) is 11.8 Å². The topological polar surface area (TPSA) is 80.0 Å². The predicted molar refractivity (Wildman–Crippen MR) is 56.4 cm³/mol. The summed E-state index contributed by atoms with van der Waals surface area (Å²) in [5, 5.41) is 9.66. The second-order valence-electron chi connectivity index (χ2n) is 4.20. The molecule has 2 heterocycles. The van der Waals surface area contributed by atoms with Gasteiger partial charge < -0.3 is 15.2 Å². The van der Waals surface area contributed by atoms with E-state index in [-0.39, 0.29) is 11.8 Å². The minimum absolute atomic E-state index is 0.0454. The Hall–Kier alpha value is -1.43. The molecular formula is C10H16N4O2. The first-order valence-corrected chi connectivity index (χ1v) is 5.44. The average Bonchev–Trinajstić information content (AvgIpc) is 2.84. The Morgan fingerprint density at radius 2 is 2.44 bits per heavy atom. The van der Waals surface area contributed by atoms with Crippen molar-refractivity contribution in [2.24, 2.45) is 11.8 Å². The van der Waals surface area contributed by atoms with Crippen LogP contribution in [0.25, 0.3) is 0 Å². The zero-order valence-electron chi connectivity index (χ0n) is 9.49. The lowest BCUT2D eigenvalue weighted by atomic mass is 9.97. The summed E-state index contributed by atoms with van der Waals surface area (Å²) in [5.74, 6) is 1.51. The number of aryl methyl sites for hydroxylation is 1. The smallest absolute Gasteiger partial charge is 0.246 e. The van der Waals surface area contributed by atoms with Crippen molar-refractivity contribution in [2.45, 2.75) is 20.4 Å². The van der Waals surface area contributed by atoms with Crippen LogP contribution in [0.2, 0.25) is 0 Å². The number of carbonyl (C=O) groups excluding carboxylic acids is 1. The van der Waals surface area contributed by atoms with E-state index in [0.29, 0.717) is 24.2 Å². The van der Waals surface area contributed by atoms with E-state index < -0.39 is 0 Å². The summed E-state index contributed by atoms with van der Waals surface area (Å²) in [7, 11) is 0. The Morgan fingerprint density at radius 1 is 1.62 bits per heavy atom.